The summed E-state index contributed by atoms with van der Waals surface area (Å²) in [6.07, 6.45) is 22.7. The highest BCUT2D eigenvalue weighted by Gasteiger charge is 2.60. The van der Waals surface area contributed by atoms with E-state index in [-0.39, 0.29) is 11.5 Å². The van der Waals surface area contributed by atoms with Crippen molar-refractivity contribution in [3.8, 4) is 5.75 Å². The van der Waals surface area contributed by atoms with Crippen LogP contribution in [0.4, 0.5) is 11.4 Å². The fourth-order valence-electron chi connectivity index (χ4n) is 9.71. The summed E-state index contributed by atoms with van der Waals surface area (Å²) in [5, 5.41) is 0. The van der Waals surface area contributed by atoms with Gasteiger partial charge in [0.25, 0.3) is 0 Å². The van der Waals surface area contributed by atoms with Crippen LogP contribution >= 0.6 is 0 Å². The molecule has 208 valence electrons. The number of ether oxygens (including phenoxy) is 1. The first-order valence-electron chi connectivity index (χ1n) is 15.5. The van der Waals surface area contributed by atoms with Gasteiger partial charge < -0.3 is 16.2 Å². The van der Waals surface area contributed by atoms with E-state index < -0.39 is 0 Å². The van der Waals surface area contributed by atoms with Crippen molar-refractivity contribution in [2.24, 2.45) is 52.3 Å². The minimum absolute atomic E-state index is 0.189. The van der Waals surface area contributed by atoms with E-state index in [0.717, 1.165) is 48.7 Å². The summed E-state index contributed by atoms with van der Waals surface area (Å²) in [6.45, 7) is 16.0. The van der Waals surface area contributed by atoms with Gasteiger partial charge in [-0.3, -0.25) is 0 Å². The van der Waals surface area contributed by atoms with Gasteiger partial charge in [0.2, 0.25) is 0 Å². The first-order chi connectivity index (χ1) is 18.2. The zero-order valence-electron chi connectivity index (χ0n) is 24.2. The normalized spacial score (nSPS) is 39.3. The number of hydrogen-bond acceptors (Lipinski definition) is 3. The number of rotatable bonds is 9. The molecule has 0 spiro atoms. The molecule has 4 aliphatic rings. The standard InChI is InChI=1S/C35H52N2O/c1-6-23(3)9-8-10-24(4)29-14-15-30-28-13-11-25-21-27(38-33-16-12-26(36)22-32(33)37)17-20-35(25,7-2)31(28)18-19-34(29,30)5/h6-7,11-13,16,22-25,27-31H,1-2,8-10,14-15,17-21,36-37H2,3-5H3. The van der Waals surface area contributed by atoms with Gasteiger partial charge in [-0.05, 0) is 122 Å². The van der Waals surface area contributed by atoms with Crippen molar-refractivity contribution >= 4 is 11.4 Å². The molecule has 0 aromatic heterocycles. The molecule has 3 saturated carbocycles. The van der Waals surface area contributed by atoms with E-state index in [0.29, 0.717) is 34.5 Å². The van der Waals surface area contributed by atoms with Gasteiger partial charge >= 0.3 is 0 Å². The van der Waals surface area contributed by atoms with Crippen molar-refractivity contribution in [2.75, 3.05) is 11.5 Å². The maximum Gasteiger partial charge on any atom is 0.142 e. The molecule has 1 aromatic carbocycles. The van der Waals surface area contributed by atoms with E-state index in [4.69, 9.17) is 16.2 Å². The van der Waals surface area contributed by atoms with Gasteiger partial charge in [0.1, 0.15) is 5.75 Å². The number of nitrogen functional groups attached to an aromatic ring is 2. The summed E-state index contributed by atoms with van der Waals surface area (Å²) in [4.78, 5) is 0. The lowest BCUT2D eigenvalue weighted by atomic mass is 9.45. The zero-order valence-corrected chi connectivity index (χ0v) is 24.2. The minimum atomic E-state index is 0.189. The summed E-state index contributed by atoms with van der Waals surface area (Å²) >= 11 is 0. The second-order valence-electron chi connectivity index (χ2n) is 13.8. The number of hydrogen-bond donors (Lipinski definition) is 2. The average Bonchev–Trinajstić information content (AvgIpc) is 3.27. The number of fused-ring (bicyclic) bond motifs is 5. The number of allylic oxidation sites excluding steroid dienone is 4. The summed E-state index contributed by atoms with van der Waals surface area (Å²) < 4.78 is 6.44. The highest BCUT2D eigenvalue weighted by Crippen LogP contribution is 2.67. The molecule has 3 fully saturated rings. The van der Waals surface area contributed by atoms with Crippen molar-refractivity contribution in [2.45, 2.75) is 91.1 Å². The first kappa shape index (κ1) is 27.4. The maximum absolute atomic E-state index is 6.44. The summed E-state index contributed by atoms with van der Waals surface area (Å²) in [6, 6.07) is 5.60. The molecule has 1 aromatic rings. The molecule has 4 N–H and O–H groups in total. The Morgan fingerprint density at radius 3 is 2.58 bits per heavy atom. The van der Waals surface area contributed by atoms with E-state index in [2.05, 4.69) is 58.2 Å². The summed E-state index contributed by atoms with van der Waals surface area (Å²) in [5.74, 6) is 5.84. The predicted molar refractivity (Wildman–Crippen MR) is 162 cm³/mol. The molecule has 5 rings (SSSR count). The Bertz CT molecular complexity index is 1050. The molecule has 38 heavy (non-hydrogen) atoms. The van der Waals surface area contributed by atoms with E-state index in [1.54, 1.807) is 6.07 Å². The van der Waals surface area contributed by atoms with Gasteiger partial charge in [-0.2, -0.15) is 0 Å². The molecule has 4 aliphatic carbocycles. The highest BCUT2D eigenvalue weighted by atomic mass is 16.5. The second-order valence-corrected chi connectivity index (χ2v) is 13.8. The minimum Gasteiger partial charge on any atom is -0.488 e. The Balaban J connectivity index is 1.29. The third-order valence-electron chi connectivity index (χ3n) is 11.9. The Labute approximate surface area is 232 Å². The van der Waals surface area contributed by atoms with Crippen molar-refractivity contribution < 1.29 is 4.74 Å². The van der Waals surface area contributed by atoms with E-state index in [1.807, 2.05) is 12.1 Å². The Hall–Kier alpha value is -2.16. The lowest BCUT2D eigenvalue weighted by molar-refractivity contribution is -0.0643. The number of benzene rings is 1. The topological polar surface area (TPSA) is 61.3 Å². The molecule has 0 saturated heterocycles. The van der Waals surface area contributed by atoms with Gasteiger partial charge in [-0.1, -0.05) is 57.9 Å². The van der Waals surface area contributed by atoms with E-state index >= 15 is 0 Å². The van der Waals surface area contributed by atoms with Crippen LogP contribution in [0.3, 0.4) is 0 Å². The van der Waals surface area contributed by atoms with Crippen LogP contribution in [-0.2, 0) is 0 Å². The van der Waals surface area contributed by atoms with Crippen LogP contribution in [-0.4, -0.2) is 6.10 Å². The molecular weight excluding hydrogens is 464 g/mol. The van der Waals surface area contributed by atoms with Crippen LogP contribution in [0.1, 0.15) is 85.0 Å². The maximum atomic E-state index is 6.44. The van der Waals surface area contributed by atoms with Crippen LogP contribution in [0.2, 0.25) is 0 Å². The molecule has 10 unspecified atom stereocenters. The summed E-state index contributed by atoms with van der Waals surface area (Å²) in [5.41, 5.74) is 14.1. The Morgan fingerprint density at radius 2 is 1.84 bits per heavy atom. The number of nitrogens with two attached hydrogens (primary N) is 2. The van der Waals surface area contributed by atoms with E-state index in [9.17, 15) is 0 Å². The molecule has 0 bridgehead atoms. The van der Waals surface area contributed by atoms with Gasteiger partial charge in [0, 0.05) is 5.69 Å². The molecule has 0 amide bonds. The molecule has 0 radical (unpaired) electrons. The van der Waals surface area contributed by atoms with E-state index in [1.165, 1.54) is 44.9 Å². The molecule has 10 atom stereocenters. The summed E-state index contributed by atoms with van der Waals surface area (Å²) in [7, 11) is 0. The third-order valence-corrected chi connectivity index (χ3v) is 11.9. The number of anilines is 2. The fourth-order valence-corrected chi connectivity index (χ4v) is 9.71. The van der Waals surface area contributed by atoms with Crippen LogP contribution in [0.15, 0.2) is 55.7 Å². The zero-order chi connectivity index (χ0) is 27.1. The Kier molecular flexibility index (Phi) is 7.77. The van der Waals surface area contributed by atoms with Crippen molar-refractivity contribution in [3.63, 3.8) is 0 Å². The lowest BCUT2D eigenvalue weighted by Crippen LogP contribution is -2.53. The molecular formula is C35H52N2O. The smallest absolute Gasteiger partial charge is 0.142 e. The van der Waals surface area contributed by atoms with Crippen molar-refractivity contribution in [1.29, 1.82) is 0 Å². The molecule has 3 heteroatoms. The fraction of sp³-hybridized carbons (Fsp3) is 0.657. The van der Waals surface area contributed by atoms with Crippen LogP contribution < -0.4 is 16.2 Å². The van der Waals surface area contributed by atoms with Crippen molar-refractivity contribution in [1.82, 2.24) is 0 Å². The van der Waals surface area contributed by atoms with Crippen molar-refractivity contribution in [3.05, 3.63) is 55.7 Å². The van der Waals surface area contributed by atoms with Gasteiger partial charge in [0.05, 0.1) is 11.8 Å². The quantitative estimate of drug-likeness (QED) is 0.254. The molecule has 0 heterocycles. The predicted octanol–water partition coefficient (Wildman–Crippen LogP) is 8.83. The van der Waals surface area contributed by atoms with Crippen LogP contribution in [0.25, 0.3) is 0 Å². The largest absolute Gasteiger partial charge is 0.488 e. The SMILES string of the molecule is C=CC(C)CCCC(C)C1CCC2C3C=CC4CC(Oc5ccc(N)cc5N)CCC4(C=C)C3CCC12C. The monoisotopic (exact) mass is 516 g/mol. The molecule has 3 nitrogen and oxygen atoms in total. The second kappa shape index (κ2) is 10.8. The van der Waals surface area contributed by atoms with Gasteiger partial charge in [-0.25, -0.2) is 0 Å². The van der Waals surface area contributed by atoms with Crippen LogP contribution in [0, 0.1) is 52.3 Å². The first-order valence-corrected chi connectivity index (χ1v) is 15.5. The molecule has 0 aliphatic heterocycles. The van der Waals surface area contributed by atoms with Crippen LogP contribution in [0.5, 0.6) is 5.75 Å². The Morgan fingerprint density at radius 1 is 1.03 bits per heavy atom. The average molecular weight is 517 g/mol. The van der Waals surface area contributed by atoms with Gasteiger partial charge in [-0.15, -0.1) is 13.2 Å². The highest BCUT2D eigenvalue weighted by molar-refractivity contribution is 5.60. The van der Waals surface area contributed by atoms with Gasteiger partial charge in [0.15, 0.2) is 0 Å². The lowest BCUT2D eigenvalue weighted by Gasteiger charge is -2.59. The third kappa shape index (κ3) is 4.73.